The molecule has 23 heavy (non-hydrogen) atoms. The van der Waals surface area contributed by atoms with Gasteiger partial charge in [-0.15, -0.1) is 0 Å². The van der Waals surface area contributed by atoms with E-state index in [2.05, 4.69) is 45.6 Å². The Morgan fingerprint density at radius 2 is 1.91 bits per heavy atom. The highest BCUT2D eigenvalue weighted by Crippen LogP contribution is 2.21. The van der Waals surface area contributed by atoms with E-state index in [9.17, 15) is 4.79 Å². The van der Waals surface area contributed by atoms with Crippen molar-refractivity contribution in [2.75, 3.05) is 11.9 Å². The maximum absolute atomic E-state index is 12.2. The molecule has 0 aromatic heterocycles. The Kier molecular flexibility index (Phi) is 6.63. The molecule has 2 aromatic rings. The summed E-state index contributed by atoms with van der Waals surface area (Å²) in [4.78, 5) is 12.2. The first-order valence-corrected chi connectivity index (χ1v) is 8.71. The third-order valence-corrected chi connectivity index (χ3v) is 4.43. The highest BCUT2D eigenvalue weighted by molar-refractivity contribution is 9.10. The first-order valence-electron chi connectivity index (χ1n) is 7.54. The van der Waals surface area contributed by atoms with Crippen molar-refractivity contribution in [1.82, 2.24) is 5.32 Å². The van der Waals surface area contributed by atoms with Crippen molar-refractivity contribution in [2.45, 2.75) is 26.3 Å². The van der Waals surface area contributed by atoms with Gasteiger partial charge in [0.05, 0.1) is 6.54 Å². The summed E-state index contributed by atoms with van der Waals surface area (Å²) < 4.78 is 1.05. The molecule has 0 heterocycles. The van der Waals surface area contributed by atoms with Gasteiger partial charge in [-0.2, -0.15) is 0 Å². The van der Waals surface area contributed by atoms with Gasteiger partial charge < -0.3 is 10.6 Å². The van der Waals surface area contributed by atoms with E-state index in [1.165, 1.54) is 5.56 Å². The van der Waals surface area contributed by atoms with Gasteiger partial charge in [0.2, 0.25) is 5.91 Å². The predicted molar refractivity (Wildman–Crippen MR) is 100.0 cm³/mol. The van der Waals surface area contributed by atoms with Crippen molar-refractivity contribution in [1.29, 1.82) is 0 Å². The van der Waals surface area contributed by atoms with Gasteiger partial charge in [0.15, 0.2) is 0 Å². The standard InChI is InChI=1S/C18H20BrClN2O/c1-3-16(13-5-7-14(19)8-6-13)21-11-18(23)22-17-10-15(20)9-4-12(17)2/h4-10,16,21H,3,11H2,1-2H3,(H,22,23)/t16-/m1/s1. The SMILES string of the molecule is CC[C@@H](NCC(=O)Nc1cc(Cl)ccc1C)c1ccc(Br)cc1. The fourth-order valence-electron chi connectivity index (χ4n) is 2.33. The van der Waals surface area contributed by atoms with E-state index in [0.29, 0.717) is 5.02 Å². The Bertz CT molecular complexity index is 673. The van der Waals surface area contributed by atoms with Crippen LogP contribution < -0.4 is 10.6 Å². The Morgan fingerprint density at radius 3 is 2.57 bits per heavy atom. The summed E-state index contributed by atoms with van der Waals surface area (Å²) in [6, 6.07) is 13.8. The number of hydrogen-bond acceptors (Lipinski definition) is 2. The summed E-state index contributed by atoms with van der Waals surface area (Å²) in [6.07, 6.45) is 0.908. The van der Waals surface area contributed by atoms with Crippen molar-refractivity contribution >= 4 is 39.1 Å². The van der Waals surface area contributed by atoms with Crippen molar-refractivity contribution in [2.24, 2.45) is 0 Å². The fourth-order valence-corrected chi connectivity index (χ4v) is 2.77. The van der Waals surface area contributed by atoms with Crippen LogP contribution in [0, 0.1) is 6.92 Å². The van der Waals surface area contributed by atoms with Gasteiger partial charge in [0.1, 0.15) is 0 Å². The van der Waals surface area contributed by atoms with Gasteiger partial charge in [-0.05, 0) is 48.7 Å². The summed E-state index contributed by atoms with van der Waals surface area (Å²) in [5, 5.41) is 6.81. The van der Waals surface area contributed by atoms with Gasteiger partial charge in [0.25, 0.3) is 0 Å². The fraction of sp³-hybridized carbons (Fsp3) is 0.278. The lowest BCUT2D eigenvalue weighted by Gasteiger charge is -2.17. The lowest BCUT2D eigenvalue weighted by Crippen LogP contribution is -2.31. The van der Waals surface area contributed by atoms with E-state index >= 15 is 0 Å². The second kappa shape index (κ2) is 8.48. The van der Waals surface area contributed by atoms with Crippen LogP contribution in [0.4, 0.5) is 5.69 Å². The molecule has 1 atom stereocenters. The molecule has 0 aliphatic rings. The summed E-state index contributed by atoms with van der Waals surface area (Å²) in [5.41, 5.74) is 2.91. The first-order chi connectivity index (χ1) is 11.0. The molecule has 0 unspecified atom stereocenters. The van der Waals surface area contributed by atoms with Crippen LogP contribution in [0.25, 0.3) is 0 Å². The maximum atomic E-state index is 12.2. The molecule has 2 N–H and O–H groups in total. The number of carbonyl (C=O) groups excluding carboxylic acids is 1. The van der Waals surface area contributed by atoms with E-state index in [-0.39, 0.29) is 18.5 Å². The quantitative estimate of drug-likeness (QED) is 0.715. The molecular formula is C18H20BrClN2O. The molecule has 0 aliphatic carbocycles. The molecule has 2 rings (SSSR count). The molecular weight excluding hydrogens is 376 g/mol. The average Bonchev–Trinajstić information content (AvgIpc) is 2.53. The predicted octanol–water partition coefficient (Wildman–Crippen LogP) is 5.09. The molecule has 5 heteroatoms. The number of carbonyl (C=O) groups is 1. The van der Waals surface area contributed by atoms with Crippen LogP contribution in [-0.4, -0.2) is 12.5 Å². The minimum atomic E-state index is -0.0778. The minimum Gasteiger partial charge on any atom is -0.325 e. The van der Waals surface area contributed by atoms with Crippen LogP contribution in [0.1, 0.15) is 30.5 Å². The zero-order valence-corrected chi connectivity index (χ0v) is 15.5. The molecule has 2 aromatic carbocycles. The van der Waals surface area contributed by atoms with Crippen molar-refractivity contribution in [3.8, 4) is 0 Å². The summed E-state index contributed by atoms with van der Waals surface area (Å²) in [5.74, 6) is -0.0778. The zero-order chi connectivity index (χ0) is 16.8. The lowest BCUT2D eigenvalue weighted by atomic mass is 10.0. The number of halogens is 2. The van der Waals surface area contributed by atoms with E-state index in [0.717, 1.165) is 22.1 Å². The number of rotatable bonds is 6. The third-order valence-electron chi connectivity index (χ3n) is 3.66. The molecule has 3 nitrogen and oxygen atoms in total. The number of hydrogen-bond donors (Lipinski definition) is 2. The monoisotopic (exact) mass is 394 g/mol. The number of benzene rings is 2. The molecule has 0 aliphatic heterocycles. The third kappa shape index (κ3) is 5.34. The molecule has 0 radical (unpaired) electrons. The van der Waals surface area contributed by atoms with Gasteiger partial charge >= 0.3 is 0 Å². The van der Waals surface area contributed by atoms with Crippen molar-refractivity contribution < 1.29 is 4.79 Å². The zero-order valence-electron chi connectivity index (χ0n) is 13.2. The normalized spacial score (nSPS) is 12.0. The number of amides is 1. The Morgan fingerprint density at radius 1 is 1.22 bits per heavy atom. The molecule has 1 amide bonds. The van der Waals surface area contributed by atoms with E-state index < -0.39 is 0 Å². The Balaban J connectivity index is 1.94. The van der Waals surface area contributed by atoms with Gasteiger partial charge in [-0.1, -0.05) is 52.7 Å². The number of anilines is 1. The van der Waals surface area contributed by atoms with Gasteiger partial charge in [0, 0.05) is 21.2 Å². The lowest BCUT2D eigenvalue weighted by molar-refractivity contribution is -0.115. The highest BCUT2D eigenvalue weighted by atomic mass is 79.9. The summed E-state index contributed by atoms with van der Waals surface area (Å²) in [7, 11) is 0. The van der Waals surface area contributed by atoms with Crippen LogP contribution in [0.3, 0.4) is 0 Å². The van der Waals surface area contributed by atoms with Crippen LogP contribution >= 0.6 is 27.5 Å². The number of nitrogens with one attached hydrogen (secondary N) is 2. The Labute approximate surface area is 150 Å². The molecule has 0 saturated carbocycles. The van der Waals surface area contributed by atoms with Crippen molar-refractivity contribution in [3.05, 3.63) is 63.1 Å². The second-order valence-electron chi connectivity index (χ2n) is 5.40. The van der Waals surface area contributed by atoms with E-state index in [1.807, 2.05) is 31.2 Å². The average molecular weight is 396 g/mol. The smallest absolute Gasteiger partial charge is 0.238 e. The van der Waals surface area contributed by atoms with Crippen LogP contribution in [0.5, 0.6) is 0 Å². The van der Waals surface area contributed by atoms with Crippen LogP contribution in [0.2, 0.25) is 5.02 Å². The maximum Gasteiger partial charge on any atom is 0.238 e. The second-order valence-corrected chi connectivity index (χ2v) is 6.75. The van der Waals surface area contributed by atoms with Gasteiger partial charge in [-0.25, -0.2) is 0 Å². The molecule has 0 spiro atoms. The summed E-state index contributed by atoms with van der Waals surface area (Å²) >= 11 is 9.41. The molecule has 0 saturated heterocycles. The van der Waals surface area contributed by atoms with Crippen LogP contribution in [-0.2, 0) is 4.79 Å². The number of aryl methyl sites for hydroxylation is 1. The molecule has 0 fully saturated rings. The van der Waals surface area contributed by atoms with E-state index in [1.54, 1.807) is 6.07 Å². The topological polar surface area (TPSA) is 41.1 Å². The molecule has 0 bridgehead atoms. The first kappa shape index (κ1) is 18.0. The van der Waals surface area contributed by atoms with Crippen LogP contribution in [0.15, 0.2) is 46.9 Å². The largest absolute Gasteiger partial charge is 0.325 e. The minimum absolute atomic E-state index is 0.0778. The van der Waals surface area contributed by atoms with Gasteiger partial charge in [-0.3, -0.25) is 4.79 Å². The highest BCUT2D eigenvalue weighted by Gasteiger charge is 2.11. The Hall–Kier alpha value is -1.36. The van der Waals surface area contributed by atoms with E-state index in [4.69, 9.17) is 11.6 Å². The summed E-state index contributed by atoms with van der Waals surface area (Å²) in [6.45, 7) is 4.29. The molecule has 122 valence electrons. The van der Waals surface area contributed by atoms with Crippen molar-refractivity contribution in [3.63, 3.8) is 0 Å².